The zero-order valence-corrected chi connectivity index (χ0v) is 13.8. The van der Waals surface area contributed by atoms with Gasteiger partial charge in [0.15, 0.2) is 0 Å². The molecule has 0 amide bonds. The summed E-state index contributed by atoms with van der Waals surface area (Å²) in [6.45, 7) is 6.01. The minimum atomic E-state index is -4.92. The standard InChI is InChI=1S/C10H16N3OS2.H2O4S/c1-2-4-12(3-1)9-11-10(16-15-9)13-5-7-14-8-6-13;1-5(2,3)4/h1-8H2;(H2,1,2,3,4)/q+1;/p-1. The van der Waals surface area contributed by atoms with Gasteiger partial charge in [-0.1, -0.05) is 0 Å². The predicted molar refractivity (Wildman–Crippen MR) is 79.6 cm³/mol. The minimum Gasteiger partial charge on any atom is -0.726 e. The SMILES string of the molecule is C1CC[N+](=c2nc(N3CCOCC3)ss2)C1.O=S(=O)([O-])O. The van der Waals surface area contributed by atoms with Crippen LogP contribution in [0.15, 0.2) is 0 Å². The quantitative estimate of drug-likeness (QED) is 0.316. The van der Waals surface area contributed by atoms with E-state index >= 15 is 0 Å². The van der Waals surface area contributed by atoms with Crippen LogP contribution < -0.4 is 14.3 Å². The molecule has 1 aromatic rings. The Hall–Kier alpha value is -0.590. The molecule has 1 aromatic heterocycles. The number of hydrogen-bond acceptors (Lipinski definition) is 8. The zero-order chi connectivity index (χ0) is 15.3. The molecule has 21 heavy (non-hydrogen) atoms. The van der Waals surface area contributed by atoms with E-state index in [1.807, 2.05) is 10.3 Å². The first kappa shape index (κ1) is 16.8. The fraction of sp³-hybridized carbons (Fsp3) is 0.800. The second-order valence-corrected chi connectivity index (χ2v) is 7.48. The van der Waals surface area contributed by atoms with Crippen molar-refractivity contribution in [3.05, 3.63) is 4.80 Å². The topological polar surface area (TPSA) is 106 Å². The Morgan fingerprint density at radius 1 is 1.24 bits per heavy atom. The lowest BCUT2D eigenvalue weighted by atomic mass is 10.4. The maximum atomic E-state index is 8.63. The van der Waals surface area contributed by atoms with Gasteiger partial charge < -0.3 is 14.2 Å². The summed E-state index contributed by atoms with van der Waals surface area (Å²) in [7, 11) is -1.30. The van der Waals surface area contributed by atoms with Gasteiger partial charge in [0.1, 0.15) is 0 Å². The molecule has 2 aliphatic heterocycles. The van der Waals surface area contributed by atoms with Crippen molar-refractivity contribution in [1.29, 1.82) is 0 Å². The molecule has 0 unspecified atom stereocenters. The number of aromatic nitrogens is 1. The molecule has 2 fully saturated rings. The van der Waals surface area contributed by atoms with Crippen molar-refractivity contribution in [2.75, 3.05) is 44.3 Å². The van der Waals surface area contributed by atoms with Crippen LogP contribution in [0.2, 0.25) is 0 Å². The molecular weight excluding hydrogens is 338 g/mol. The van der Waals surface area contributed by atoms with Gasteiger partial charge in [0.2, 0.25) is 10.4 Å². The summed E-state index contributed by atoms with van der Waals surface area (Å²) in [5, 5.41) is 1.18. The molecule has 3 heterocycles. The maximum absolute atomic E-state index is 8.63. The summed E-state index contributed by atoms with van der Waals surface area (Å²) < 4.78 is 40.6. The van der Waals surface area contributed by atoms with Crippen molar-refractivity contribution < 1.29 is 22.3 Å². The van der Waals surface area contributed by atoms with E-state index in [0.29, 0.717) is 0 Å². The largest absolute Gasteiger partial charge is 0.726 e. The van der Waals surface area contributed by atoms with E-state index in [2.05, 4.69) is 9.48 Å². The molecule has 2 saturated heterocycles. The van der Waals surface area contributed by atoms with Crippen LogP contribution >= 0.6 is 20.7 Å². The van der Waals surface area contributed by atoms with Crippen molar-refractivity contribution in [3.8, 4) is 0 Å². The third-order valence-corrected chi connectivity index (χ3v) is 5.27. The number of ether oxygens (including phenoxy) is 1. The van der Waals surface area contributed by atoms with Crippen LogP contribution in [-0.2, 0) is 15.1 Å². The maximum Gasteiger partial charge on any atom is 0.390 e. The average molecular weight is 355 g/mol. The Bertz CT molecular complexity index is 602. The molecule has 0 bridgehead atoms. The van der Waals surface area contributed by atoms with Gasteiger partial charge in [0.25, 0.3) is 0 Å². The van der Waals surface area contributed by atoms with Crippen molar-refractivity contribution >= 4 is 36.2 Å². The highest BCUT2D eigenvalue weighted by molar-refractivity contribution is 7.79. The van der Waals surface area contributed by atoms with E-state index in [1.165, 1.54) is 35.9 Å². The molecule has 0 atom stereocenters. The number of hydrogen-bond donors (Lipinski definition) is 1. The molecule has 11 heteroatoms. The van der Waals surface area contributed by atoms with Gasteiger partial charge in [-0.05, 0) is 23.2 Å². The Kier molecular flexibility index (Phi) is 6.08. The normalized spacial score (nSPS) is 19.3. The van der Waals surface area contributed by atoms with Gasteiger partial charge in [-0.15, -0.1) is 0 Å². The summed E-state index contributed by atoms with van der Waals surface area (Å²) in [5.41, 5.74) is 0. The van der Waals surface area contributed by atoms with Crippen LogP contribution in [0, 0.1) is 0 Å². The van der Waals surface area contributed by atoms with E-state index in [-0.39, 0.29) is 0 Å². The highest BCUT2D eigenvalue weighted by Gasteiger charge is 2.21. The Morgan fingerprint density at radius 2 is 1.81 bits per heavy atom. The lowest BCUT2D eigenvalue weighted by Crippen LogP contribution is -2.37. The molecule has 0 radical (unpaired) electrons. The number of morpholine rings is 1. The molecule has 3 rings (SSSR count). The van der Waals surface area contributed by atoms with Crippen LogP contribution in [0.5, 0.6) is 0 Å². The van der Waals surface area contributed by atoms with Crippen LogP contribution in [0.25, 0.3) is 0 Å². The third kappa shape index (κ3) is 5.96. The number of anilines is 1. The minimum absolute atomic E-state index is 0.837. The third-order valence-electron chi connectivity index (χ3n) is 3.04. The van der Waals surface area contributed by atoms with E-state index < -0.39 is 10.4 Å². The van der Waals surface area contributed by atoms with Gasteiger partial charge in [0.05, 0.1) is 26.3 Å². The molecule has 2 aliphatic rings. The van der Waals surface area contributed by atoms with Gasteiger partial charge in [-0.3, -0.25) is 4.55 Å². The predicted octanol–water partition coefficient (Wildman–Crippen LogP) is -0.388. The van der Waals surface area contributed by atoms with Crippen LogP contribution in [-0.4, -0.2) is 61.9 Å². The lowest BCUT2D eigenvalue weighted by molar-refractivity contribution is 0.122. The summed E-state index contributed by atoms with van der Waals surface area (Å²) in [6.07, 6.45) is 2.63. The van der Waals surface area contributed by atoms with Crippen LogP contribution in [0.1, 0.15) is 12.8 Å². The summed E-state index contributed by atoms with van der Waals surface area (Å²) >= 11 is 0. The van der Waals surface area contributed by atoms with E-state index in [0.717, 1.165) is 26.3 Å². The molecular formula is C10H17N3O5S3. The molecule has 0 aliphatic carbocycles. The molecule has 120 valence electrons. The van der Waals surface area contributed by atoms with Gasteiger partial charge >= 0.3 is 9.93 Å². The van der Waals surface area contributed by atoms with E-state index in [1.54, 1.807) is 10.3 Å². The first-order valence-electron chi connectivity index (χ1n) is 6.49. The lowest BCUT2D eigenvalue weighted by Gasteiger charge is -2.23. The molecule has 0 saturated carbocycles. The van der Waals surface area contributed by atoms with Crippen molar-refractivity contribution in [2.24, 2.45) is 0 Å². The van der Waals surface area contributed by atoms with E-state index in [4.69, 9.17) is 27.2 Å². The molecule has 0 aromatic carbocycles. The first-order chi connectivity index (χ1) is 9.93. The fourth-order valence-corrected chi connectivity index (χ4v) is 4.44. The second-order valence-electron chi connectivity index (χ2n) is 4.56. The number of rotatable bonds is 1. The van der Waals surface area contributed by atoms with Crippen molar-refractivity contribution in [3.63, 3.8) is 0 Å². The summed E-state index contributed by atoms with van der Waals surface area (Å²) in [6, 6.07) is 0. The Morgan fingerprint density at radius 3 is 2.38 bits per heavy atom. The number of nitrogens with zero attached hydrogens (tertiary/aromatic N) is 3. The summed E-state index contributed by atoms with van der Waals surface area (Å²) in [5.74, 6) is 0. The smallest absolute Gasteiger partial charge is 0.390 e. The van der Waals surface area contributed by atoms with Crippen LogP contribution in [0.4, 0.5) is 5.13 Å². The molecule has 8 nitrogen and oxygen atoms in total. The highest BCUT2D eigenvalue weighted by atomic mass is 32.9. The fourth-order valence-electron chi connectivity index (χ4n) is 2.10. The Balaban J connectivity index is 0.000000282. The average Bonchev–Trinajstić information content (AvgIpc) is 3.09. The molecule has 1 N–H and O–H groups in total. The second kappa shape index (κ2) is 7.61. The van der Waals surface area contributed by atoms with Crippen molar-refractivity contribution in [2.45, 2.75) is 12.8 Å². The van der Waals surface area contributed by atoms with Crippen LogP contribution in [0.3, 0.4) is 0 Å². The first-order valence-corrected chi connectivity index (χ1v) is 10.0. The van der Waals surface area contributed by atoms with Gasteiger partial charge in [-0.2, -0.15) is 0 Å². The highest BCUT2D eigenvalue weighted by Crippen LogP contribution is 2.19. The van der Waals surface area contributed by atoms with Gasteiger partial charge in [-0.25, -0.2) is 13.0 Å². The zero-order valence-electron chi connectivity index (χ0n) is 11.3. The monoisotopic (exact) mass is 355 g/mol. The molecule has 0 spiro atoms. The Labute approximate surface area is 130 Å². The summed E-state index contributed by atoms with van der Waals surface area (Å²) in [4.78, 5) is 8.30. The van der Waals surface area contributed by atoms with Crippen molar-refractivity contribution in [1.82, 2.24) is 9.56 Å². The van der Waals surface area contributed by atoms with Gasteiger partial charge in [0, 0.05) is 28.4 Å². The van der Waals surface area contributed by atoms with E-state index in [9.17, 15) is 0 Å².